The van der Waals surface area contributed by atoms with Gasteiger partial charge in [0.25, 0.3) is 0 Å². The number of ketones is 1. The molecule has 2 rings (SSSR count). The molecule has 0 aliphatic carbocycles. The Hall–Kier alpha value is -4.01. The highest BCUT2D eigenvalue weighted by Crippen LogP contribution is 2.24. The number of ether oxygens (including phenoxy) is 3. The number of Topliss-reactive ketones (excluding diaryl/α,β-unsaturated/α-hetero) is 1. The summed E-state index contributed by atoms with van der Waals surface area (Å²) in [5.41, 5.74) is 1.09. The lowest BCUT2D eigenvalue weighted by atomic mass is 9.90. The third kappa shape index (κ3) is 7.49. The zero-order chi connectivity index (χ0) is 26.7. The van der Waals surface area contributed by atoms with E-state index in [9.17, 15) is 24.0 Å². The van der Waals surface area contributed by atoms with Gasteiger partial charge in [-0.15, -0.1) is 0 Å². The van der Waals surface area contributed by atoms with Crippen LogP contribution in [0.15, 0.2) is 48.5 Å². The number of hydrogen-bond donors (Lipinski definition) is 1. The molecule has 0 unspecified atom stereocenters. The van der Waals surface area contributed by atoms with Crippen LogP contribution in [-0.2, 0) is 39.8 Å². The van der Waals surface area contributed by atoms with Crippen LogP contribution < -0.4 is 5.32 Å². The van der Waals surface area contributed by atoms with Crippen molar-refractivity contribution < 1.29 is 38.2 Å². The molecule has 0 spiro atoms. The highest BCUT2D eigenvalue weighted by atomic mass is 16.6. The van der Waals surface area contributed by atoms with Gasteiger partial charge in [-0.3, -0.25) is 14.4 Å². The Kier molecular flexibility index (Phi) is 10.3. The van der Waals surface area contributed by atoms with Crippen molar-refractivity contribution in [2.24, 2.45) is 0 Å². The largest absolute Gasteiger partial charge is 0.464 e. The van der Waals surface area contributed by atoms with Crippen molar-refractivity contribution in [1.29, 1.82) is 0 Å². The van der Waals surface area contributed by atoms with Crippen molar-refractivity contribution in [2.75, 3.05) is 19.8 Å². The van der Waals surface area contributed by atoms with Crippen LogP contribution in [0.1, 0.15) is 50.0 Å². The maximum atomic E-state index is 12.7. The summed E-state index contributed by atoms with van der Waals surface area (Å²) < 4.78 is 14.9. The van der Waals surface area contributed by atoms with Crippen molar-refractivity contribution in [1.82, 2.24) is 5.32 Å². The maximum Gasteiger partial charge on any atom is 0.343 e. The molecule has 0 bridgehead atoms. The second-order valence-electron chi connectivity index (χ2n) is 8.01. The van der Waals surface area contributed by atoms with Crippen LogP contribution in [0.4, 0.5) is 0 Å². The summed E-state index contributed by atoms with van der Waals surface area (Å²) in [6.45, 7) is 5.47. The molecule has 0 atom stereocenters. The van der Waals surface area contributed by atoms with Crippen LogP contribution in [0.5, 0.6) is 0 Å². The number of rotatable bonds is 12. The van der Waals surface area contributed by atoms with E-state index in [0.717, 1.165) is 16.7 Å². The summed E-state index contributed by atoms with van der Waals surface area (Å²) in [5, 5.41) is 2.46. The predicted molar refractivity (Wildman–Crippen MR) is 131 cm³/mol. The van der Waals surface area contributed by atoms with Crippen molar-refractivity contribution in [3.05, 3.63) is 59.7 Å². The molecule has 0 saturated heterocycles. The second kappa shape index (κ2) is 13.2. The Morgan fingerprint density at radius 2 is 1.25 bits per heavy atom. The fourth-order valence-electron chi connectivity index (χ4n) is 3.56. The van der Waals surface area contributed by atoms with Gasteiger partial charge in [0.1, 0.15) is 0 Å². The molecule has 0 saturated carbocycles. The van der Waals surface area contributed by atoms with Gasteiger partial charge in [-0.1, -0.05) is 48.5 Å². The van der Waals surface area contributed by atoms with Crippen LogP contribution in [-0.4, -0.2) is 55.0 Å². The van der Waals surface area contributed by atoms with Gasteiger partial charge in [-0.05, 0) is 43.4 Å². The van der Waals surface area contributed by atoms with Crippen molar-refractivity contribution >= 4 is 29.6 Å². The normalized spacial score (nSPS) is 10.8. The Bertz CT molecular complexity index is 1070. The van der Waals surface area contributed by atoms with Gasteiger partial charge in [0.05, 0.1) is 13.2 Å². The number of carbonyl (C=O) groups excluding carboxylic acids is 5. The molecule has 2 aromatic carbocycles. The Labute approximate surface area is 210 Å². The minimum atomic E-state index is -1.94. The fourth-order valence-corrected chi connectivity index (χ4v) is 3.56. The van der Waals surface area contributed by atoms with Crippen molar-refractivity contribution in [2.45, 2.75) is 46.1 Å². The van der Waals surface area contributed by atoms with E-state index >= 15 is 0 Å². The molecule has 192 valence electrons. The molecule has 1 amide bonds. The maximum absolute atomic E-state index is 12.7. The minimum Gasteiger partial charge on any atom is -0.464 e. The smallest absolute Gasteiger partial charge is 0.343 e. The van der Waals surface area contributed by atoms with Gasteiger partial charge in [0.2, 0.25) is 11.4 Å². The first-order valence-electron chi connectivity index (χ1n) is 11.6. The number of aryl methyl sites for hydroxylation is 1. The Morgan fingerprint density at radius 3 is 1.69 bits per heavy atom. The van der Waals surface area contributed by atoms with Crippen LogP contribution in [0.2, 0.25) is 0 Å². The van der Waals surface area contributed by atoms with Crippen LogP contribution >= 0.6 is 0 Å². The van der Waals surface area contributed by atoms with E-state index in [0.29, 0.717) is 12.0 Å². The summed E-state index contributed by atoms with van der Waals surface area (Å²) in [4.78, 5) is 60.3. The summed E-state index contributed by atoms with van der Waals surface area (Å²) >= 11 is 0. The van der Waals surface area contributed by atoms with E-state index in [2.05, 4.69) is 5.32 Å². The molecule has 1 N–H and O–H groups in total. The van der Waals surface area contributed by atoms with E-state index in [1.54, 1.807) is 38.1 Å². The molecule has 36 heavy (non-hydrogen) atoms. The van der Waals surface area contributed by atoms with Crippen molar-refractivity contribution in [3.63, 3.8) is 0 Å². The molecular formula is C27H31NO8. The third-order valence-corrected chi connectivity index (χ3v) is 5.33. The third-order valence-electron chi connectivity index (χ3n) is 5.33. The molecule has 0 heterocycles. The van der Waals surface area contributed by atoms with Crippen LogP contribution in [0.3, 0.4) is 0 Å². The lowest BCUT2D eigenvalue weighted by Crippen LogP contribution is -2.61. The number of benzene rings is 2. The minimum absolute atomic E-state index is 0.0390. The summed E-state index contributed by atoms with van der Waals surface area (Å²) in [6, 6.07) is 14.4. The molecule has 9 nitrogen and oxygen atoms in total. The first-order valence-corrected chi connectivity index (χ1v) is 11.6. The molecule has 0 aliphatic heterocycles. The van der Waals surface area contributed by atoms with Gasteiger partial charge in [-0.25, -0.2) is 9.59 Å². The first kappa shape index (κ1) is 28.2. The molecule has 0 aromatic heterocycles. The predicted octanol–water partition coefficient (Wildman–Crippen LogP) is 3.03. The van der Waals surface area contributed by atoms with Crippen LogP contribution in [0.25, 0.3) is 11.1 Å². The highest BCUT2D eigenvalue weighted by Gasteiger charge is 2.49. The van der Waals surface area contributed by atoms with Gasteiger partial charge >= 0.3 is 17.9 Å². The topological polar surface area (TPSA) is 125 Å². The van der Waals surface area contributed by atoms with Crippen LogP contribution in [0, 0.1) is 0 Å². The van der Waals surface area contributed by atoms with E-state index in [-0.39, 0.29) is 32.0 Å². The standard InChI is InChI=1S/C27H31NO8/c1-5-34-25(32)27(28-18(3)29,26(33)35-6-2)16-15-20-7-9-21(10-8-20)22-11-13-23(14-12-22)24(31)17-36-19(4)30/h7-14H,5-6,15-17H2,1-4H3,(H,28,29). The number of amides is 1. The Balaban J connectivity index is 2.17. The zero-order valence-electron chi connectivity index (χ0n) is 20.9. The average Bonchev–Trinajstić information content (AvgIpc) is 2.85. The first-order chi connectivity index (χ1) is 17.1. The lowest BCUT2D eigenvalue weighted by molar-refractivity contribution is -0.168. The summed E-state index contributed by atoms with van der Waals surface area (Å²) in [6.07, 6.45) is 0.254. The number of nitrogens with one attached hydrogen (secondary N) is 1. The highest BCUT2D eigenvalue weighted by molar-refractivity contribution is 6.07. The lowest BCUT2D eigenvalue weighted by Gasteiger charge is -2.29. The van der Waals surface area contributed by atoms with Gasteiger partial charge < -0.3 is 19.5 Å². The molecular weight excluding hydrogens is 466 g/mol. The summed E-state index contributed by atoms with van der Waals surface area (Å²) in [5.74, 6) is -3.09. The number of carbonyl (C=O) groups is 5. The van der Waals surface area contributed by atoms with E-state index in [4.69, 9.17) is 14.2 Å². The fraction of sp³-hybridized carbons (Fsp3) is 0.370. The van der Waals surface area contributed by atoms with E-state index in [1.165, 1.54) is 13.8 Å². The van der Waals surface area contributed by atoms with E-state index in [1.807, 2.05) is 24.3 Å². The Morgan fingerprint density at radius 1 is 0.750 bits per heavy atom. The molecule has 0 aliphatic rings. The number of esters is 3. The molecule has 9 heteroatoms. The molecule has 2 aromatic rings. The van der Waals surface area contributed by atoms with Gasteiger partial charge in [0.15, 0.2) is 12.4 Å². The van der Waals surface area contributed by atoms with Crippen molar-refractivity contribution in [3.8, 4) is 11.1 Å². The van der Waals surface area contributed by atoms with Gasteiger partial charge in [-0.2, -0.15) is 0 Å². The van der Waals surface area contributed by atoms with Gasteiger partial charge in [0, 0.05) is 19.4 Å². The quantitative estimate of drug-likeness (QED) is 0.205. The molecule has 0 fully saturated rings. The average molecular weight is 498 g/mol. The number of hydrogen-bond acceptors (Lipinski definition) is 8. The summed E-state index contributed by atoms with van der Waals surface area (Å²) in [7, 11) is 0. The molecule has 0 radical (unpaired) electrons. The SMILES string of the molecule is CCOC(=O)C(CCc1ccc(-c2ccc(C(=O)COC(C)=O)cc2)cc1)(NC(C)=O)C(=O)OCC. The zero-order valence-corrected chi connectivity index (χ0v) is 20.9. The van der Waals surface area contributed by atoms with E-state index < -0.39 is 29.4 Å². The second-order valence-corrected chi connectivity index (χ2v) is 8.01. The monoisotopic (exact) mass is 497 g/mol.